The monoisotopic (exact) mass is 432 g/mol. The van der Waals surface area contributed by atoms with E-state index < -0.39 is 10.0 Å². The van der Waals surface area contributed by atoms with Crippen molar-refractivity contribution >= 4 is 15.9 Å². The quantitative estimate of drug-likeness (QED) is 0.710. The summed E-state index contributed by atoms with van der Waals surface area (Å²) in [6.07, 6.45) is 2.64. The minimum Gasteiger partial charge on any atom is -0.467 e. The first-order chi connectivity index (χ1) is 14.0. The number of sulfonamides is 1. The zero-order chi connectivity index (χ0) is 22.1. The fourth-order valence-electron chi connectivity index (χ4n) is 3.82. The van der Waals surface area contributed by atoms with Gasteiger partial charge >= 0.3 is 0 Å². The highest BCUT2D eigenvalue weighted by molar-refractivity contribution is 7.89. The molecule has 30 heavy (non-hydrogen) atoms. The van der Waals surface area contributed by atoms with E-state index in [0.717, 1.165) is 11.3 Å². The molecule has 1 aromatic carbocycles. The van der Waals surface area contributed by atoms with Crippen molar-refractivity contribution in [3.63, 3.8) is 0 Å². The van der Waals surface area contributed by atoms with Gasteiger partial charge in [0.05, 0.1) is 17.2 Å². The first-order valence-electron chi connectivity index (χ1n) is 10.4. The van der Waals surface area contributed by atoms with Gasteiger partial charge in [-0.2, -0.15) is 4.31 Å². The van der Waals surface area contributed by atoms with Gasteiger partial charge in [0.2, 0.25) is 15.9 Å². The van der Waals surface area contributed by atoms with Crippen LogP contribution in [0.5, 0.6) is 0 Å². The molecule has 2 aromatic rings. The zero-order valence-corrected chi connectivity index (χ0v) is 19.3. The molecule has 2 heterocycles. The van der Waals surface area contributed by atoms with E-state index in [-0.39, 0.29) is 23.3 Å². The van der Waals surface area contributed by atoms with Crippen LogP contribution in [-0.4, -0.2) is 43.7 Å². The van der Waals surface area contributed by atoms with E-state index in [0.29, 0.717) is 30.8 Å². The van der Waals surface area contributed by atoms with Crippen molar-refractivity contribution in [2.75, 3.05) is 20.1 Å². The smallest absolute Gasteiger partial charge is 0.243 e. The number of furan rings is 1. The summed E-state index contributed by atoms with van der Waals surface area (Å²) < 4.78 is 33.0. The lowest BCUT2D eigenvalue weighted by atomic mass is 9.87. The first-order valence-corrected chi connectivity index (χ1v) is 11.9. The van der Waals surface area contributed by atoms with Gasteiger partial charge < -0.3 is 9.32 Å². The van der Waals surface area contributed by atoms with E-state index in [1.807, 2.05) is 31.2 Å². The number of amides is 1. The molecule has 1 aliphatic heterocycles. The summed E-state index contributed by atoms with van der Waals surface area (Å²) in [6, 6.07) is 10.6. The summed E-state index contributed by atoms with van der Waals surface area (Å²) in [5, 5.41) is 0. The zero-order valence-electron chi connectivity index (χ0n) is 18.5. The Balaban J connectivity index is 1.63. The average molecular weight is 433 g/mol. The molecule has 7 heteroatoms. The molecule has 1 aliphatic rings. The summed E-state index contributed by atoms with van der Waals surface area (Å²) in [7, 11) is -1.78. The number of nitrogens with zero attached hydrogens (tertiary/aromatic N) is 2. The molecule has 164 valence electrons. The lowest BCUT2D eigenvalue weighted by Crippen LogP contribution is -2.43. The normalized spacial score (nSPS) is 17.6. The lowest BCUT2D eigenvalue weighted by molar-refractivity contribution is -0.137. The molecule has 0 saturated carbocycles. The summed E-state index contributed by atoms with van der Waals surface area (Å²) in [4.78, 5) is 14.9. The Labute approximate surface area is 179 Å². The molecule has 1 unspecified atom stereocenters. The Morgan fingerprint density at radius 2 is 1.73 bits per heavy atom. The second-order valence-corrected chi connectivity index (χ2v) is 11.0. The van der Waals surface area contributed by atoms with Crippen molar-refractivity contribution in [2.24, 2.45) is 5.92 Å². The highest BCUT2D eigenvalue weighted by Gasteiger charge is 2.34. The van der Waals surface area contributed by atoms with Crippen LogP contribution >= 0.6 is 0 Å². The van der Waals surface area contributed by atoms with E-state index in [4.69, 9.17) is 4.42 Å². The highest BCUT2D eigenvalue weighted by atomic mass is 32.2. The van der Waals surface area contributed by atoms with Crippen LogP contribution in [0.15, 0.2) is 52.0 Å². The summed E-state index contributed by atoms with van der Waals surface area (Å²) in [5.74, 6) is 0.595. The predicted octanol–water partition coefficient (Wildman–Crippen LogP) is 4.20. The molecule has 0 bridgehead atoms. The van der Waals surface area contributed by atoms with E-state index in [2.05, 4.69) is 20.8 Å². The van der Waals surface area contributed by atoms with Gasteiger partial charge in [0.15, 0.2) is 0 Å². The van der Waals surface area contributed by atoms with E-state index >= 15 is 0 Å². The number of benzene rings is 1. The molecular formula is C23H32N2O4S. The van der Waals surface area contributed by atoms with Crippen LogP contribution in [0.4, 0.5) is 0 Å². The molecule has 6 nitrogen and oxygen atoms in total. The van der Waals surface area contributed by atoms with Crippen LogP contribution in [0, 0.1) is 5.92 Å². The van der Waals surface area contributed by atoms with Crippen LogP contribution in [0.3, 0.4) is 0 Å². The first kappa shape index (κ1) is 22.6. The Hall–Kier alpha value is -2.12. The topological polar surface area (TPSA) is 70.8 Å². The molecule has 3 rings (SSSR count). The number of hydrogen-bond acceptors (Lipinski definition) is 4. The molecule has 0 N–H and O–H groups in total. The maximum atomic E-state index is 13.0. The van der Waals surface area contributed by atoms with Crippen molar-refractivity contribution in [1.29, 1.82) is 0 Å². The Kier molecular flexibility index (Phi) is 6.43. The second kappa shape index (κ2) is 8.55. The molecule has 1 atom stereocenters. The second-order valence-electron chi connectivity index (χ2n) is 9.09. The van der Waals surface area contributed by atoms with Crippen molar-refractivity contribution in [1.82, 2.24) is 9.21 Å². The predicted molar refractivity (Wildman–Crippen MR) is 117 cm³/mol. The van der Waals surface area contributed by atoms with Gasteiger partial charge in [0, 0.05) is 26.1 Å². The Bertz CT molecular complexity index is 952. The molecule has 1 fully saturated rings. The van der Waals surface area contributed by atoms with Crippen LogP contribution in [-0.2, 0) is 20.2 Å². The molecule has 1 amide bonds. The Morgan fingerprint density at radius 3 is 2.23 bits per heavy atom. The van der Waals surface area contributed by atoms with E-state index in [1.165, 1.54) is 4.31 Å². The van der Waals surface area contributed by atoms with Gasteiger partial charge in [-0.05, 0) is 55.0 Å². The van der Waals surface area contributed by atoms with Crippen molar-refractivity contribution in [2.45, 2.75) is 56.9 Å². The standard InChI is InChI=1S/C23H32N2O4S/c1-17(21-7-6-16-29-21)24(5)22(26)18-12-14-25(15-13-18)30(27,28)20-10-8-19(9-11-20)23(2,3)4/h6-11,16-18H,12-15H2,1-5H3. The fraction of sp³-hybridized carbons (Fsp3) is 0.522. The fourth-order valence-corrected chi connectivity index (χ4v) is 5.29. The summed E-state index contributed by atoms with van der Waals surface area (Å²) in [6.45, 7) is 8.93. The minimum absolute atomic E-state index is 0.0280. The third-order valence-electron chi connectivity index (χ3n) is 6.04. The third kappa shape index (κ3) is 4.62. The Morgan fingerprint density at radius 1 is 1.13 bits per heavy atom. The third-order valence-corrected chi connectivity index (χ3v) is 7.96. The number of carbonyl (C=O) groups excluding carboxylic acids is 1. The minimum atomic E-state index is -3.55. The van der Waals surface area contributed by atoms with Crippen molar-refractivity contribution in [3.05, 3.63) is 54.0 Å². The van der Waals surface area contributed by atoms with Gasteiger partial charge in [0.1, 0.15) is 5.76 Å². The lowest BCUT2D eigenvalue weighted by Gasteiger charge is -2.34. The number of rotatable bonds is 5. The van der Waals surface area contributed by atoms with Gasteiger partial charge in [-0.1, -0.05) is 32.9 Å². The number of hydrogen-bond donors (Lipinski definition) is 0. The molecule has 0 radical (unpaired) electrons. The molecule has 0 spiro atoms. The van der Waals surface area contributed by atoms with E-state index in [9.17, 15) is 13.2 Å². The molecule has 1 aromatic heterocycles. The molecule has 0 aliphatic carbocycles. The van der Waals surface area contributed by atoms with E-state index in [1.54, 1.807) is 30.3 Å². The average Bonchev–Trinajstić information content (AvgIpc) is 3.26. The number of carbonyl (C=O) groups is 1. The van der Waals surface area contributed by atoms with Gasteiger partial charge in [-0.15, -0.1) is 0 Å². The van der Waals surface area contributed by atoms with Crippen LogP contribution in [0.25, 0.3) is 0 Å². The largest absolute Gasteiger partial charge is 0.467 e. The van der Waals surface area contributed by atoms with Gasteiger partial charge in [-0.3, -0.25) is 4.79 Å². The molecule has 1 saturated heterocycles. The molecular weight excluding hydrogens is 400 g/mol. The van der Waals surface area contributed by atoms with Crippen molar-refractivity contribution < 1.29 is 17.6 Å². The van der Waals surface area contributed by atoms with Crippen LogP contribution in [0.2, 0.25) is 0 Å². The SMILES string of the molecule is CC(c1ccco1)N(C)C(=O)C1CCN(S(=O)(=O)c2ccc(C(C)(C)C)cc2)CC1. The summed E-state index contributed by atoms with van der Waals surface area (Å²) >= 11 is 0. The maximum absolute atomic E-state index is 13.0. The van der Waals surface area contributed by atoms with Crippen LogP contribution in [0.1, 0.15) is 57.9 Å². The van der Waals surface area contributed by atoms with Gasteiger partial charge in [-0.25, -0.2) is 8.42 Å². The van der Waals surface area contributed by atoms with Gasteiger partial charge in [0.25, 0.3) is 0 Å². The number of piperidine rings is 1. The van der Waals surface area contributed by atoms with Crippen LogP contribution < -0.4 is 0 Å². The summed E-state index contributed by atoms with van der Waals surface area (Å²) in [5.41, 5.74) is 1.07. The van der Waals surface area contributed by atoms with Crippen molar-refractivity contribution in [3.8, 4) is 0 Å². The maximum Gasteiger partial charge on any atom is 0.243 e. The highest BCUT2D eigenvalue weighted by Crippen LogP contribution is 2.29.